The highest BCUT2D eigenvalue weighted by molar-refractivity contribution is 6.30. The Morgan fingerprint density at radius 1 is 1.37 bits per heavy atom. The third-order valence-electron chi connectivity index (χ3n) is 2.93. The van der Waals surface area contributed by atoms with Gasteiger partial charge in [0.05, 0.1) is 19.4 Å². The minimum atomic E-state index is -0.0258. The lowest BCUT2D eigenvalue weighted by molar-refractivity contribution is 0.392. The average molecular weight is 280 g/mol. The van der Waals surface area contributed by atoms with Gasteiger partial charge in [0.2, 0.25) is 0 Å². The summed E-state index contributed by atoms with van der Waals surface area (Å²) in [5, 5.41) is 4.13. The van der Waals surface area contributed by atoms with Crippen LogP contribution >= 0.6 is 11.6 Å². The maximum atomic E-state index is 6.01. The van der Waals surface area contributed by atoms with Crippen molar-refractivity contribution in [1.29, 1.82) is 0 Å². The van der Waals surface area contributed by atoms with Crippen LogP contribution in [0.25, 0.3) is 0 Å². The lowest BCUT2D eigenvalue weighted by atomic mass is 10.0. The predicted octanol–water partition coefficient (Wildman–Crippen LogP) is 4.03. The van der Waals surface area contributed by atoms with Crippen LogP contribution in [0.15, 0.2) is 41.0 Å². The number of hydrogen-bond donors (Lipinski definition) is 1. The van der Waals surface area contributed by atoms with E-state index in [4.69, 9.17) is 20.8 Å². The number of benzene rings is 1. The molecule has 4 heteroatoms. The van der Waals surface area contributed by atoms with Gasteiger partial charge >= 0.3 is 0 Å². The van der Waals surface area contributed by atoms with Gasteiger partial charge in [-0.05, 0) is 37.2 Å². The van der Waals surface area contributed by atoms with Gasteiger partial charge in [-0.3, -0.25) is 0 Å². The molecule has 19 heavy (non-hydrogen) atoms. The quantitative estimate of drug-likeness (QED) is 0.867. The molecular weight excluding hydrogens is 262 g/mol. The Hall–Kier alpha value is -1.45. The van der Waals surface area contributed by atoms with Crippen LogP contribution in [0.1, 0.15) is 30.7 Å². The van der Waals surface area contributed by atoms with E-state index in [9.17, 15) is 0 Å². The summed E-state index contributed by atoms with van der Waals surface area (Å²) in [6, 6.07) is 9.47. The molecule has 2 aromatic rings. The van der Waals surface area contributed by atoms with Gasteiger partial charge in [0.15, 0.2) is 0 Å². The number of ether oxygens (including phenoxy) is 1. The minimum absolute atomic E-state index is 0.0258. The fourth-order valence-corrected chi connectivity index (χ4v) is 2.19. The molecule has 0 fully saturated rings. The van der Waals surface area contributed by atoms with Crippen LogP contribution in [0.3, 0.4) is 0 Å². The number of rotatable bonds is 6. The molecule has 0 aliphatic heterocycles. The Labute approximate surface area is 118 Å². The maximum absolute atomic E-state index is 6.01. The van der Waals surface area contributed by atoms with Crippen molar-refractivity contribution < 1.29 is 9.15 Å². The molecule has 1 heterocycles. The maximum Gasteiger partial charge on any atom is 0.125 e. The van der Waals surface area contributed by atoms with E-state index in [1.807, 2.05) is 30.3 Å². The molecule has 1 aromatic heterocycles. The van der Waals surface area contributed by atoms with E-state index >= 15 is 0 Å². The Morgan fingerprint density at radius 2 is 2.21 bits per heavy atom. The Morgan fingerprint density at radius 3 is 2.84 bits per heavy atom. The highest BCUT2D eigenvalue weighted by atomic mass is 35.5. The zero-order chi connectivity index (χ0) is 13.7. The Bertz CT molecular complexity index is 511. The summed E-state index contributed by atoms with van der Waals surface area (Å²) in [5.41, 5.74) is 1.02. The molecule has 0 spiro atoms. The zero-order valence-corrected chi connectivity index (χ0v) is 11.9. The number of hydrogen-bond acceptors (Lipinski definition) is 3. The van der Waals surface area contributed by atoms with E-state index in [0.717, 1.165) is 30.0 Å². The van der Waals surface area contributed by atoms with Crippen LogP contribution in [0.2, 0.25) is 5.02 Å². The first kappa shape index (κ1) is 14.0. The first-order valence-electron chi connectivity index (χ1n) is 6.36. The third kappa shape index (κ3) is 3.31. The van der Waals surface area contributed by atoms with Crippen molar-refractivity contribution in [3.63, 3.8) is 0 Å². The normalized spacial score (nSPS) is 12.4. The largest absolute Gasteiger partial charge is 0.496 e. The highest BCUT2D eigenvalue weighted by Gasteiger charge is 2.20. The van der Waals surface area contributed by atoms with E-state index in [1.54, 1.807) is 13.4 Å². The van der Waals surface area contributed by atoms with E-state index in [-0.39, 0.29) is 6.04 Å². The molecule has 1 aromatic carbocycles. The van der Waals surface area contributed by atoms with Gasteiger partial charge in [-0.15, -0.1) is 0 Å². The molecule has 1 unspecified atom stereocenters. The van der Waals surface area contributed by atoms with E-state index in [0.29, 0.717) is 5.02 Å². The number of nitrogens with one attached hydrogen (secondary N) is 1. The van der Waals surface area contributed by atoms with Crippen LogP contribution in [0.5, 0.6) is 5.75 Å². The van der Waals surface area contributed by atoms with Gasteiger partial charge in [0, 0.05) is 10.6 Å². The standard InChI is InChI=1S/C15H18ClNO2/c1-3-8-17-15(13-5-4-9-19-13)12-7-6-11(16)10-14(12)18-2/h4-7,9-10,15,17H,3,8H2,1-2H3. The Kier molecular flexibility index (Phi) is 4.88. The first-order chi connectivity index (χ1) is 9.26. The molecule has 0 radical (unpaired) electrons. The lowest BCUT2D eigenvalue weighted by Crippen LogP contribution is -2.23. The number of halogens is 1. The van der Waals surface area contributed by atoms with Gasteiger partial charge in [-0.2, -0.15) is 0 Å². The van der Waals surface area contributed by atoms with Crippen molar-refractivity contribution in [3.05, 3.63) is 52.9 Å². The second-order valence-corrected chi connectivity index (χ2v) is 4.73. The fraction of sp³-hybridized carbons (Fsp3) is 0.333. The van der Waals surface area contributed by atoms with Crippen molar-refractivity contribution >= 4 is 11.6 Å². The van der Waals surface area contributed by atoms with Gasteiger partial charge in [0.25, 0.3) is 0 Å². The van der Waals surface area contributed by atoms with Crippen LogP contribution < -0.4 is 10.1 Å². The molecule has 102 valence electrons. The van der Waals surface area contributed by atoms with E-state index in [1.165, 1.54) is 0 Å². The van der Waals surface area contributed by atoms with Gasteiger partial charge in [-0.25, -0.2) is 0 Å². The third-order valence-corrected chi connectivity index (χ3v) is 3.17. The molecule has 2 rings (SSSR count). The summed E-state index contributed by atoms with van der Waals surface area (Å²) in [5.74, 6) is 1.63. The SMILES string of the molecule is CCCNC(c1ccco1)c1ccc(Cl)cc1OC. The molecule has 0 aliphatic carbocycles. The fourth-order valence-electron chi connectivity index (χ4n) is 2.03. The summed E-state index contributed by atoms with van der Waals surface area (Å²) in [7, 11) is 1.65. The smallest absolute Gasteiger partial charge is 0.125 e. The second-order valence-electron chi connectivity index (χ2n) is 4.29. The van der Waals surface area contributed by atoms with Crippen molar-refractivity contribution in [2.75, 3.05) is 13.7 Å². The predicted molar refractivity (Wildman–Crippen MR) is 76.8 cm³/mol. The molecule has 0 saturated heterocycles. The van der Waals surface area contributed by atoms with E-state index < -0.39 is 0 Å². The molecule has 0 aliphatic rings. The van der Waals surface area contributed by atoms with Crippen LogP contribution in [-0.4, -0.2) is 13.7 Å². The van der Waals surface area contributed by atoms with Gasteiger partial charge < -0.3 is 14.5 Å². The molecule has 3 nitrogen and oxygen atoms in total. The monoisotopic (exact) mass is 279 g/mol. The first-order valence-corrected chi connectivity index (χ1v) is 6.74. The molecule has 0 amide bonds. The molecule has 0 saturated carbocycles. The minimum Gasteiger partial charge on any atom is -0.496 e. The van der Waals surface area contributed by atoms with Crippen molar-refractivity contribution in [2.24, 2.45) is 0 Å². The molecular formula is C15H18ClNO2. The summed E-state index contributed by atoms with van der Waals surface area (Å²) in [6.07, 6.45) is 2.73. The molecule has 1 atom stereocenters. The topological polar surface area (TPSA) is 34.4 Å². The van der Waals surface area contributed by atoms with Crippen LogP contribution in [-0.2, 0) is 0 Å². The van der Waals surface area contributed by atoms with Crippen LogP contribution in [0.4, 0.5) is 0 Å². The molecule has 0 bridgehead atoms. The van der Waals surface area contributed by atoms with Crippen molar-refractivity contribution in [1.82, 2.24) is 5.32 Å². The number of methoxy groups -OCH3 is 1. The highest BCUT2D eigenvalue weighted by Crippen LogP contribution is 2.32. The van der Waals surface area contributed by atoms with Gasteiger partial charge in [0.1, 0.15) is 11.5 Å². The Balaban J connectivity index is 2.37. The zero-order valence-electron chi connectivity index (χ0n) is 11.2. The van der Waals surface area contributed by atoms with Gasteiger partial charge in [-0.1, -0.05) is 24.6 Å². The second kappa shape index (κ2) is 6.64. The van der Waals surface area contributed by atoms with Crippen LogP contribution in [0, 0.1) is 0 Å². The average Bonchev–Trinajstić information content (AvgIpc) is 2.94. The molecule has 1 N–H and O–H groups in total. The van der Waals surface area contributed by atoms with E-state index in [2.05, 4.69) is 12.2 Å². The van der Waals surface area contributed by atoms with Crippen molar-refractivity contribution in [3.8, 4) is 5.75 Å². The summed E-state index contributed by atoms with van der Waals surface area (Å²) in [6.45, 7) is 3.03. The summed E-state index contributed by atoms with van der Waals surface area (Å²) >= 11 is 6.01. The summed E-state index contributed by atoms with van der Waals surface area (Å²) < 4.78 is 10.9. The number of furan rings is 1. The van der Waals surface area contributed by atoms with Crippen molar-refractivity contribution in [2.45, 2.75) is 19.4 Å². The summed E-state index contributed by atoms with van der Waals surface area (Å²) in [4.78, 5) is 0. The lowest BCUT2D eigenvalue weighted by Gasteiger charge is -2.19.